The summed E-state index contributed by atoms with van der Waals surface area (Å²) in [6.45, 7) is 1.21. The number of hydrogen-bond acceptors (Lipinski definition) is 3. The maximum atomic E-state index is 13.1. The van der Waals surface area contributed by atoms with Crippen molar-refractivity contribution in [1.82, 2.24) is 0 Å². The standard InChI is InChI=1S/C12H16FNO2/c13-11-3-10(6-14)4-12(5-11)16-8-15-7-9-1-2-9/h3-5,9H,1-2,6-8,14H2. The van der Waals surface area contributed by atoms with Gasteiger partial charge < -0.3 is 15.2 Å². The van der Waals surface area contributed by atoms with Crippen LogP contribution in [-0.4, -0.2) is 13.4 Å². The number of benzene rings is 1. The monoisotopic (exact) mass is 225 g/mol. The molecule has 0 saturated heterocycles. The molecule has 0 spiro atoms. The summed E-state index contributed by atoms with van der Waals surface area (Å²) in [5.41, 5.74) is 6.16. The molecule has 0 bridgehead atoms. The first kappa shape index (κ1) is 11.4. The smallest absolute Gasteiger partial charge is 0.189 e. The number of halogens is 1. The second kappa shape index (κ2) is 5.27. The van der Waals surface area contributed by atoms with E-state index >= 15 is 0 Å². The number of rotatable bonds is 6. The van der Waals surface area contributed by atoms with E-state index in [0.29, 0.717) is 18.2 Å². The molecule has 0 atom stereocenters. The van der Waals surface area contributed by atoms with Gasteiger partial charge in [0.05, 0.1) is 6.61 Å². The van der Waals surface area contributed by atoms with Gasteiger partial charge in [-0.3, -0.25) is 0 Å². The van der Waals surface area contributed by atoms with Crippen LogP contribution in [0.4, 0.5) is 4.39 Å². The van der Waals surface area contributed by atoms with E-state index in [2.05, 4.69) is 0 Å². The van der Waals surface area contributed by atoms with Crippen LogP contribution in [-0.2, 0) is 11.3 Å². The van der Waals surface area contributed by atoms with Gasteiger partial charge >= 0.3 is 0 Å². The molecular formula is C12H16FNO2. The van der Waals surface area contributed by atoms with Crippen LogP contribution in [0, 0.1) is 11.7 Å². The molecule has 1 aliphatic carbocycles. The molecule has 16 heavy (non-hydrogen) atoms. The number of ether oxygens (including phenoxy) is 2. The van der Waals surface area contributed by atoms with Crippen molar-refractivity contribution in [1.29, 1.82) is 0 Å². The van der Waals surface area contributed by atoms with E-state index in [-0.39, 0.29) is 12.6 Å². The van der Waals surface area contributed by atoms with Gasteiger partial charge in [-0.15, -0.1) is 0 Å². The lowest BCUT2D eigenvalue weighted by Crippen LogP contribution is -2.06. The molecule has 1 saturated carbocycles. The second-order valence-electron chi connectivity index (χ2n) is 4.08. The Kier molecular flexibility index (Phi) is 3.74. The van der Waals surface area contributed by atoms with Crippen molar-refractivity contribution in [2.75, 3.05) is 13.4 Å². The number of hydrogen-bond donors (Lipinski definition) is 1. The summed E-state index contributed by atoms with van der Waals surface area (Å²) in [5.74, 6) is 0.840. The van der Waals surface area contributed by atoms with Crippen molar-refractivity contribution >= 4 is 0 Å². The molecule has 88 valence electrons. The van der Waals surface area contributed by atoms with E-state index in [1.807, 2.05) is 0 Å². The summed E-state index contributed by atoms with van der Waals surface area (Å²) in [6.07, 6.45) is 2.49. The van der Waals surface area contributed by atoms with Crippen molar-refractivity contribution in [3.63, 3.8) is 0 Å². The molecule has 1 aromatic carbocycles. The largest absolute Gasteiger partial charge is 0.467 e. The van der Waals surface area contributed by atoms with Crippen LogP contribution < -0.4 is 10.5 Å². The highest BCUT2D eigenvalue weighted by molar-refractivity contribution is 5.29. The van der Waals surface area contributed by atoms with E-state index in [9.17, 15) is 4.39 Å². The van der Waals surface area contributed by atoms with Crippen molar-refractivity contribution in [3.05, 3.63) is 29.6 Å². The van der Waals surface area contributed by atoms with Crippen LogP contribution in [0.2, 0.25) is 0 Å². The molecule has 0 radical (unpaired) electrons. The molecule has 2 N–H and O–H groups in total. The molecule has 2 rings (SSSR count). The Labute approximate surface area is 94.3 Å². The van der Waals surface area contributed by atoms with Crippen molar-refractivity contribution in [3.8, 4) is 5.75 Å². The normalized spacial score (nSPS) is 15.1. The van der Waals surface area contributed by atoms with Crippen LogP contribution in [0.3, 0.4) is 0 Å². The van der Waals surface area contributed by atoms with Crippen LogP contribution in [0.25, 0.3) is 0 Å². The molecule has 0 aliphatic heterocycles. The molecule has 0 unspecified atom stereocenters. The van der Waals surface area contributed by atoms with Gasteiger partial charge in [0.2, 0.25) is 0 Å². The lowest BCUT2D eigenvalue weighted by molar-refractivity contribution is 0.00980. The predicted molar refractivity (Wildman–Crippen MR) is 58.5 cm³/mol. The molecule has 3 nitrogen and oxygen atoms in total. The van der Waals surface area contributed by atoms with E-state index in [4.69, 9.17) is 15.2 Å². The summed E-state index contributed by atoms with van der Waals surface area (Å²) in [6, 6.07) is 4.46. The Morgan fingerprint density at radius 2 is 2.12 bits per heavy atom. The summed E-state index contributed by atoms with van der Waals surface area (Å²) in [7, 11) is 0. The summed E-state index contributed by atoms with van der Waals surface area (Å²) in [4.78, 5) is 0. The topological polar surface area (TPSA) is 44.5 Å². The molecule has 1 aromatic rings. The zero-order valence-electron chi connectivity index (χ0n) is 9.12. The Hall–Kier alpha value is -1.13. The van der Waals surface area contributed by atoms with Crippen LogP contribution in [0.1, 0.15) is 18.4 Å². The maximum absolute atomic E-state index is 13.1. The van der Waals surface area contributed by atoms with E-state index in [0.717, 1.165) is 12.2 Å². The third kappa shape index (κ3) is 3.47. The maximum Gasteiger partial charge on any atom is 0.189 e. The minimum Gasteiger partial charge on any atom is -0.467 e. The lowest BCUT2D eigenvalue weighted by atomic mass is 10.2. The van der Waals surface area contributed by atoms with Crippen LogP contribution >= 0.6 is 0 Å². The van der Waals surface area contributed by atoms with Gasteiger partial charge in [0.1, 0.15) is 11.6 Å². The van der Waals surface area contributed by atoms with Gasteiger partial charge in [0.15, 0.2) is 6.79 Å². The Morgan fingerprint density at radius 3 is 2.81 bits per heavy atom. The first-order valence-corrected chi connectivity index (χ1v) is 5.48. The SMILES string of the molecule is NCc1cc(F)cc(OCOCC2CC2)c1. The lowest BCUT2D eigenvalue weighted by Gasteiger charge is -2.08. The van der Waals surface area contributed by atoms with Crippen LogP contribution in [0.5, 0.6) is 5.75 Å². The molecular weight excluding hydrogens is 209 g/mol. The van der Waals surface area contributed by atoms with Crippen molar-refractivity contribution in [2.24, 2.45) is 11.7 Å². The first-order valence-electron chi connectivity index (χ1n) is 5.48. The third-order valence-corrected chi connectivity index (χ3v) is 2.53. The summed E-state index contributed by atoms with van der Waals surface area (Å²) >= 11 is 0. The Morgan fingerprint density at radius 1 is 1.31 bits per heavy atom. The fraction of sp³-hybridized carbons (Fsp3) is 0.500. The second-order valence-corrected chi connectivity index (χ2v) is 4.08. The Balaban J connectivity index is 1.80. The van der Waals surface area contributed by atoms with E-state index in [1.165, 1.54) is 25.0 Å². The summed E-state index contributed by atoms with van der Waals surface area (Å²) < 4.78 is 23.7. The molecule has 0 amide bonds. The predicted octanol–water partition coefficient (Wildman–Crippen LogP) is 2.05. The molecule has 0 heterocycles. The van der Waals surface area contributed by atoms with Gasteiger partial charge in [0.25, 0.3) is 0 Å². The highest BCUT2D eigenvalue weighted by Gasteiger charge is 2.21. The van der Waals surface area contributed by atoms with Gasteiger partial charge in [-0.1, -0.05) is 0 Å². The fourth-order valence-electron chi connectivity index (χ4n) is 1.43. The molecule has 4 heteroatoms. The zero-order chi connectivity index (χ0) is 11.4. The Bertz CT molecular complexity index is 353. The van der Waals surface area contributed by atoms with Crippen LogP contribution in [0.15, 0.2) is 18.2 Å². The zero-order valence-corrected chi connectivity index (χ0v) is 9.12. The highest BCUT2D eigenvalue weighted by atomic mass is 19.1. The van der Waals surface area contributed by atoms with Crippen molar-refractivity contribution < 1.29 is 13.9 Å². The molecule has 1 fully saturated rings. The number of nitrogens with two attached hydrogens (primary N) is 1. The van der Waals surface area contributed by atoms with E-state index < -0.39 is 0 Å². The quantitative estimate of drug-likeness (QED) is 0.595. The van der Waals surface area contributed by atoms with Gasteiger partial charge in [0, 0.05) is 12.6 Å². The fourth-order valence-corrected chi connectivity index (χ4v) is 1.43. The van der Waals surface area contributed by atoms with Crippen molar-refractivity contribution in [2.45, 2.75) is 19.4 Å². The minimum atomic E-state index is -0.333. The molecule has 0 aromatic heterocycles. The first-order chi connectivity index (χ1) is 7.78. The van der Waals surface area contributed by atoms with E-state index in [1.54, 1.807) is 6.07 Å². The third-order valence-electron chi connectivity index (χ3n) is 2.53. The summed E-state index contributed by atoms with van der Waals surface area (Å²) in [5, 5.41) is 0. The highest BCUT2D eigenvalue weighted by Crippen LogP contribution is 2.28. The average Bonchev–Trinajstić information content (AvgIpc) is 3.07. The van der Waals surface area contributed by atoms with Gasteiger partial charge in [-0.05, 0) is 36.5 Å². The minimum absolute atomic E-state index is 0.171. The van der Waals surface area contributed by atoms with Gasteiger partial charge in [-0.25, -0.2) is 4.39 Å². The molecule has 1 aliphatic rings. The van der Waals surface area contributed by atoms with Gasteiger partial charge in [-0.2, -0.15) is 0 Å². The average molecular weight is 225 g/mol.